The molecule has 0 bridgehead atoms. The van der Waals surface area contributed by atoms with Crippen LogP contribution in [-0.2, 0) is 4.74 Å². The van der Waals surface area contributed by atoms with Gasteiger partial charge >= 0.3 is 0 Å². The Hall–Kier alpha value is -2.99. The molecule has 3 heterocycles. The molecule has 1 fully saturated rings. The Morgan fingerprint density at radius 3 is 2.82 bits per heavy atom. The fourth-order valence-electron chi connectivity index (χ4n) is 4.04. The van der Waals surface area contributed by atoms with Crippen molar-refractivity contribution in [1.29, 1.82) is 0 Å². The van der Waals surface area contributed by atoms with Gasteiger partial charge in [0.25, 0.3) is 5.88 Å². The standard InChI is InChI=1S/C22H22N4O2/c1-3-17-14(2)11-19(27-17)26-13-25-20-21(26)23-12-24-22(20)28-18-10-6-8-15-7-4-5-9-16(15)18/h4-10,12-14,17,19H,3,11H2,1-2H3/t14-,17-,19-/m1/s1. The zero-order valence-electron chi connectivity index (χ0n) is 15.9. The van der Waals surface area contributed by atoms with Crippen LogP contribution in [0.15, 0.2) is 55.1 Å². The molecule has 28 heavy (non-hydrogen) atoms. The number of rotatable bonds is 4. The summed E-state index contributed by atoms with van der Waals surface area (Å²) in [5, 5.41) is 2.16. The number of aromatic nitrogens is 4. The lowest BCUT2D eigenvalue weighted by Crippen LogP contribution is -2.12. The third kappa shape index (κ3) is 2.81. The number of benzene rings is 2. The van der Waals surface area contributed by atoms with Crippen molar-refractivity contribution in [3.05, 3.63) is 55.1 Å². The third-order valence-electron chi connectivity index (χ3n) is 5.53. The Kier molecular flexibility index (Phi) is 4.20. The minimum atomic E-state index is -0.0507. The van der Waals surface area contributed by atoms with Crippen LogP contribution in [0.1, 0.15) is 32.9 Å². The van der Waals surface area contributed by atoms with Crippen LogP contribution in [0.4, 0.5) is 0 Å². The molecule has 0 N–H and O–H groups in total. The van der Waals surface area contributed by atoms with Crippen molar-refractivity contribution in [1.82, 2.24) is 19.5 Å². The highest BCUT2D eigenvalue weighted by molar-refractivity contribution is 5.89. The van der Waals surface area contributed by atoms with Crippen molar-refractivity contribution < 1.29 is 9.47 Å². The normalized spacial score (nSPS) is 22.1. The van der Waals surface area contributed by atoms with E-state index in [1.165, 1.54) is 6.33 Å². The van der Waals surface area contributed by atoms with Crippen molar-refractivity contribution in [3.8, 4) is 11.6 Å². The molecule has 2 aromatic heterocycles. The van der Waals surface area contributed by atoms with E-state index in [0.29, 0.717) is 17.3 Å². The first-order chi connectivity index (χ1) is 13.7. The van der Waals surface area contributed by atoms with Gasteiger partial charge in [0.2, 0.25) is 0 Å². The Labute approximate surface area is 163 Å². The number of hydrogen-bond acceptors (Lipinski definition) is 5. The maximum Gasteiger partial charge on any atom is 0.250 e. The molecule has 0 unspecified atom stereocenters. The predicted octanol–water partition coefficient (Wildman–Crippen LogP) is 5.11. The topological polar surface area (TPSA) is 62.1 Å². The molecule has 0 aliphatic carbocycles. The second-order valence-corrected chi connectivity index (χ2v) is 7.33. The summed E-state index contributed by atoms with van der Waals surface area (Å²) in [7, 11) is 0. The van der Waals surface area contributed by atoms with Crippen LogP contribution < -0.4 is 4.74 Å². The third-order valence-corrected chi connectivity index (χ3v) is 5.53. The SMILES string of the molecule is CC[C@H]1O[C@@H](n2cnc3c(Oc4cccc5ccccc45)ncnc32)C[C@H]1C. The molecule has 3 atom stereocenters. The molecule has 6 heteroatoms. The van der Waals surface area contributed by atoms with Crippen LogP contribution in [-0.4, -0.2) is 25.6 Å². The highest BCUT2D eigenvalue weighted by Gasteiger charge is 2.33. The monoisotopic (exact) mass is 374 g/mol. The summed E-state index contributed by atoms with van der Waals surface area (Å²) in [6.45, 7) is 4.39. The first-order valence-electron chi connectivity index (χ1n) is 9.73. The number of imidazole rings is 1. The average molecular weight is 374 g/mol. The van der Waals surface area contributed by atoms with E-state index in [1.807, 2.05) is 34.9 Å². The van der Waals surface area contributed by atoms with E-state index in [9.17, 15) is 0 Å². The fourth-order valence-corrected chi connectivity index (χ4v) is 4.04. The van der Waals surface area contributed by atoms with Crippen molar-refractivity contribution in [2.45, 2.75) is 39.0 Å². The van der Waals surface area contributed by atoms with Crippen LogP contribution in [0.25, 0.3) is 21.9 Å². The van der Waals surface area contributed by atoms with E-state index in [0.717, 1.165) is 35.0 Å². The van der Waals surface area contributed by atoms with Gasteiger partial charge in [-0.2, -0.15) is 4.98 Å². The van der Waals surface area contributed by atoms with Crippen LogP contribution in [0, 0.1) is 5.92 Å². The second-order valence-electron chi connectivity index (χ2n) is 7.33. The molecule has 0 spiro atoms. The molecule has 1 aliphatic rings. The van der Waals surface area contributed by atoms with Gasteiger partial charge in [-0.1, -0.05) is 50.2 Å². The molecular formula is C22H22N4O2. The van der Waals surface area contributed by atoms with Crippen LogP contribution >= 0.6 is 0 Å². The van der Waals surface area contributed by atoms with Gasteiger partial charge in [-0.15, -0.1) is 0 Å². The van der Waals surface area contributed by atoms with E-state index in [-0.39, 0.29) is 12.3 Å². The van der Waals surface area contributed by atoms with Crippen molar-refractivity contribution >= 4 is 21.9 Å². The summed E-state index contributed by atoms with van der Waals surface area (Å²) in [4.78, 5) is 13.3. The summed E-state index contributed by atoms with van der Waals surface area (Å²) in [5.74, 6) is 1.73. The van der Waals surface area contributed by atoms with Crippen molar-refractivity contribution in [2.75, 3.05) is 0 Å². The quantitative estimate of drug-likeness (QED) is 0.497. The minimum absolute atomic E-state index is 0.0507. The maximum atomic E-state index is 6.21. The summed E-state index contributed by atoms with van der Waals surface area (Å²) < 4.78 is 14.4. The molecule has 1 saturated heterocycles. The van der Waals surface area contributed by atoms with Gasteiger partial charge in [0.15, 0.2) is 11.2 Å². The zero-order chi connectivity index (χ0) is 19.1. The number of hydrogen-bond donors (Lipinski definition) is 0. The van der Waals surface area contributed by atoms with Gasteiger partial charge in [0.05, 0.1) is 12.4 Å². The molecule has 0 radical (unpaired) electrons. The van der Waals surface area contributed by atoms with Gasteiger partial charge in [0, 0.05) is 5.39 Å². The van der Waals surface area contributed by atoms with Gasteiger partial charge in [-0.05, 0) is 30.2 Å². The average Bonchev–Trinajstić information content (AvgIpc) is 3.32. The Morgan fingerprint density at radius 2 is 1.96 bits per heavy atom. The number of fused-ring (bicyclic) bond motifs is 2. The highest BCUT2D eigenvalue weighted by atomic mass is 16.5. The number of nitrogens with zero attached hydrogens (tertiary/aromatic N) is 4. The van der Waals surface area contributed by atoms with Gasteiger partial charge < -0.3 is 9.47 Å². The van der Waals surface area contributed by atoms with Crippen molar-refractivity contribution in [3.63, 3.8) is 0 Å². The van der Waals surface area contributed by atoms with E-state index in [4.69, 9.17) is 9.47 Å². The molecule has 0 saturated carbocycles. The highest BCUT2D eigenvalue weighted by Crippen LogP contribution is 2.37. The van der Waals surface area contributed by atoms with E-state index < -0.39 is 0 Å². The Morgan fingerprint density at radius 1 is 1.11 bits per heavy atom. The molecule has 142 valence electrons. The van der Waals surface area contributed by atoms with E-state index in [2.05, 4.69) is 40.9 Å². The Balaban J connectivity index is 1.52. The van der Waals surface area contributed by atoms with Crippen LogP contribution in [0.5, 0.6) is 11.6 Å². The first kappa shape index (κ1) is 17.1. The molecule has 0 amide bonds. The molecule has 1 aliphatic heterocycles. The second kappa shape index (κ2) is 6.87. The molecule has 5 rings (SSSR count). The van der Waals surface area contributed by atoms with Gasteiger partial charge in [-0.25, -0.2) is 9.97 Å². The number of ether oxygens (including phenoxy) is 2. The molecule has 6 nitrogen and oxygen atoms in total. The Bertz CT molecular complexity index is 1130. The molecule has 2 aromatic carbocycles. The molecule has 4 aromatic rings. The smallest absolute Gasteiger partial charge is 0.250 e. The lowest BCUT2D eigenvalue weighted by Gasteiger charge is -2.14. The van der Waals surface area contributed by atoms with Crippen molar-refractivity contribution in [2.24, 2.45) is 5.92 Å². The molecular weight excluding hydrogens is 352 g/mol. The maximum absolute atomic E-state index is 6.21. The van der Waals surface area contributed by atoms with Gasteiger partial charge in [-0.3, -0.25) is 4.57 Å². The predicted molar refractivity (Wildman–Crippen MR) is 107 cm³/mol. The fraction of sp³-hybridized carbons (Fsp3) is 0.318. The summed E-state index contributed by atoms with van der Waals surface area (Å²) in [6.07, 6.45) is 5.49. The minimum Gasteiger partial charge on any atom is -0.436 e. The summed E-state index contributed by atoms with van der Waals surface area (Å²) >= 11 is 0. The van der Waals surface area contributed by atoms with Gasteiger partial charge in [0.1, 0.15) is 18.3 Å². The van der Waals surface area contributed by atoms with E-state index >= 15 is 0 Å². The largest absolute Gasteiger partial charge is 0.436 e. The van der Waals surface area contributed by atoms with Crippen LogP contribution in [0.3, 0.4) is 0 Å². The zero-order valence-corrected chi connectivity index (χ0v) is 15.9. The summed E-state index contributed by atoms with van der Waals surface area (Å²) in [6, 6.07) is 14.1. The lowest BCUT2D eigenvalue weighted by molar-refractivity contribution is -0.00304. The lowest BCUT2D eigenvalue weighted by atomic mass is 10.0. The first-order valence-corrected chi connectivity index (χ1v) is 9.73. The van der Waals surface area contributed by atoms with Crippen LogP contribution in [0.2, 0.25) is 0 Å². The summed E-state index contributed by atoms with van der Waals surface area (Å²) in [5.41, 5.74) is 1.38. The van der Waals surface area contributed by atoms with E-state index in [1.54, 1.807) is 6.33 Å².